The summed E-state index contributed by atoms with van der Waals surface area (Å²) in [6.45, 7) is 1.25. The number of piperidine rings is 1. The van der Waals surface area contributed by atoms with E-state index in [0.29, 0.717) is 25.0 Å². The summed E-state index contributed by atoms with van der Waals surface area (Å²) in [6.07, 6.45) is -9.67. The molecule has 2 aliphatic rings. The van der Waals surface area contributed by atoms with Gasteiger partial charge in [0.1, 0.15) is 5.54 Å². The Balaban J connectivity index is 1.63. The first-order chi connectivity index (χ1) is 18.7. The Kier molecular flexibility index (Phi) is 8.31. The normalized spacial score (nSPS) is 25.0. The second-order valence-corrected chi connectivity index (χ2v) is 10.5. The molecular weight excluding hydrogens is 538 g/mol. The molecule has 11 heteroatoms. The molecule has 0 spiro atoms. The number of alkyl halides is 6. The van der Waals surface area contributed by atoms with E-state index in [4.69, 9.17) is 4.74 Å². The molecule has 2 aromatic rings. The third-order valence-corrected chi connectivity index (χ3v) is 7.82. The molecule has 2 amide bonds. The molecule has 1 saturated carbocycles. The summed E-state index contributed by atoms with van der Waals surface area (Å²) in [4.78, 5) is 26.6. The molecule has 0 unspecified atom stereocenters. The highest BCUT2D eigenvalue weighted by Crippen LogP contribution is 2.46. The van der Waals surface area contributed by atoms with E-state index in [1.807, 2.05) is 30.3 Å². The zero-order chi connectivity index (χ0) is 29.3. The maximum atomic E-state index is 13.4. The van der Waals surface area contributed by atoms with Crippen LogP contribution in [0.5, 0.6) is 0 Å². The van der Waals surface area contributed by atoms with Gasteiger partial charge in [-0.1, -0.05) is 30.3 Å². The van der Waals surface area contributed by atoms with Crippen LogP contribution in [0.3, 0.4) is 0 Å². The van der Waals surface area contributed by atoms with Gasteiger partial charge in [-0.15, -0.1) is 0 Å². The van der Waals surface area contributed by atoms with Gasteiger partial charge >= 0.3 is 12.4 Å². The Bertz CT molecular complexity index is 1240. The van der Waals surface area contributed by atoms with Crippen molar-refractivity contribution in [2.75, 3.05) is 6.61 Å². The van der Waals surface area contributed by atoms with Crippen molar-refractivity contribution < 1.29 is 40.7 Å². The third kappa shape index (κ3) is 6.17. The molecule has 214 valence electrons. The number of imide groups is 1. The Morgan fingerprint density at radius 3 is 2.10 bits per heavy atom. The van der Waals surface area contributed by atoms with Crippen LogP contribution in [-0.4, -0.2) is 28.9 Å². The summed E-state index contributed by atoms with van der Waals surface area (Å²) in [7, 11) is 0. The van der Waals surface area contributed by atoms with Crippen LogP contribution < -0.4 is 0 Å². The molecule has 4 atom stereocenters. The topological polar surface area (TPSA) is 70.4 Å². The maximum Gasteiger partial charge on any atom is 0.416 e. The fourth-order valence-electron chi connectivity index (χ4n) is 5.79. The first-order valence-electron chi connectivity index (χ1n) is 13.0. The lowest BCUT2D eigenvalue weighted by atomic mass is 9.67. The molecule has 1 aliphatic heterocycles. The van der Waals surface area contributed by atoms with Crippen molar-refractivity contribution in [2.24, 2.45) is 5.92 Å². The van der Waals surface area contributed by atoms with E-state index in [1.165, 1.54) is 6.92 Å². The smallest absolute Gasteiger partial charge is 0.374 e. The van der Waals surface area contributed by atoms with E-state index < -0.39 is 52.9 Å². The summed E-state index contributed by atoms with van der Waals surface area (Å²) in [5.41, 5.74) is -3.64. The summed E-state index contributed by atoms with van der Waals surface area (Å²) < 4.78 is 86.2. The van der Waals surface area contributed by atoms with E-state index in [9.17, 15) is 41.2 Å². The van der Waals surface area contributed by atoms with Crippen molar-refractivity contribution in [3.8, 4) is 6.07 Å². The lowest BCUT2D eigenvalue weighted by Crippen LogP contribution is -2.58. The van der Waals surface area contributed by atoms with E-state index in [-0.39, 0.29) is 49.8 Å². The van der Waals surface area contributed by atoms with Crippen molar-refractivity contribution in [3.63, 3.8) is 0 Å². The van der Waals surface area contributed by atoms with Crippen molar-refractivity contribution in [2.45, 2.75) is 75.4 Å². The van der Waals surface area contributed by atoms with Gasteiger partial charge in [0.15, 0.2) is 0 Å². The van der Waals surface area contributed by atoms with Crippen LogP contribution in [0.2, 0.25) is 0 Å². The molecule has 0 radical (unpaired) electrons. The molecular formula is C29H28F6N2O3. The second kappa shape index (κ2) is 11.2. The zero-order valence-corrected chi connectivity index (χ0v) is 21.7. The van der Waals surface area contributed by atoms with Crippen molar-refractivity contribution >= 4 is 11.8 Å². The summed E-state index contributed by atoms with van der Waals surface area (Å²) in [5, 5.41) is 10.2. The molecule has 40 heavy (non-hydrogen) atoms. The Hall–Kier alpha value is -3.39. The molecule has 1 saturated heterocycles. The second-order valence-electron chi connectivity index (χ2n) is 10.5. The van der Waals surface area contributed by atoms with Gasteiger partial charge in [-0.3, -0.25) is 14.5 Å². The lowest BCUT2D eigenvalue weighted by Gasteiger charge is -2.47. The highest BCUT2D eigenvalue weighted by molar-refractivity contribution is 5.99. The van der Waals surface area contributed by atoms with Gasteiger partial charge in [0.25, 0.3) is 0 Å². The number of nitrogens with zero attached hydrogens (tertiary/aromatic N) is 2. The molecule has 1 heterocycles. The minimum Gasteiger partial charge on any atom is -0.374 e. The van der Waals surface area contributed by atoms with Crippen molar-refractivity contribution in [1.29, 1.82) is 5.26 Å². The minimum absolute atomic E-state index is 0.0662. The van der Waals surface area contributed by atoms with Gasteiger partial charge < -0.3 is 4.74 Å². The highest BCUT2D eigenvalue weighted by Gasteiger charge is 2.50. The van der Waals surface area contributed by atoms with Crippen LogP contribution in [0.4, 0.5) is 26.3 Å². The molecule has 5 nitrogen and oxygen atoms in total. The van der Waals surface area contributed by atoms with E-state index in [0.717, 1.165) is 10.5 Å². The Morgan fingerprint density at radius 2 is 1.57 bits per heavy atom. The summed E-state index contributed by atoms with van der Waals surface area (Å²) in [5.74, 6) is -1.47. The van der Waals surface area contributed by atoms with Crippen LogP contribution in [0.25, 0.3) is 0 Å². The zero-order valence-electron chi connectivity index (χ0n) is 21.7. The fourth-order valence-corrected chi connectivity index (χ4v) is 5.79. The first-order valence-corrected chi connectivity index (χ1v) is 13.0. The van der Waals surface area contributed by atoms with Gasteiger partial charge in [0.05, 0.1) is 29.9 Å². The number of benzene rings is 2. The predicted molar refractivity (Wildman–Crippen MR) is 131 cm³/mol. The van der Waals surface area contributed by atoms with Gasteiger partial charge in [-0.05, 0) is 73.8 Å². The van der Waals surface area contributed by atoms with Gasteiger partial charge in [0.2, 0.25) is 11.8 Å². The number of carbonyl (C=O) groups is 2. The molecule has 0 bridgehead atoms. The number of rotatable bonds is 6. The van der Waals surface area contributed by atoms with E-state index >= 15 is 0 Å². The average Bonchev–Trinajstić information content (AvgIpc) is 2.91. The Labute approximate surface area is 227 Å². The molecule has 0 aromatic heterocycles. The number of carbonyl (C=O) groups excluding carboxylic acids is 2. The van der Waals surface area contributed by atoms with Crippen LogP contribution >= 0.6 is 0 Å². The standard InChI is InChI=1S/C29H28F6N2O3/c1-18(20-12-22(28(30,31)32)14-23(13-20)29(33,34)35)40-16-21-15-27(17-36,37-25(38)8-5-9-26(37)39)11-10-24(21)19-6-3-2-4-7-19/h2-4,6-7,12-14,18,21,24H,5,8-11,15-16H2,1H3/t18-,21-,24-,27-/m1/s1. The number of hydrogen-bond donors (Lipinski definition) is 0. The number of likely N-dealkylation sites (tertiary alicyclic amines) is 1. The monoisotopic (exact) mass is 566 g/mol. The van der Waals surface area contributed by atoms with Crippen molar-refractivity contribution in [1.82, 2.24) is 4.90 Å². The SMILES string of the molecule is C[C@@H](OC[C@H]1C[C@](C#N)(N2C(=O)CCCC2=O)CC[C@@H]1c1ccccc1)c1cc(C(F)(F)F)cc(C(F)(F)F)c1. The highest BCUT2D eigenvalue weighted by atomic mass is 19.4. The molecule has 2 aromatic carbocycles. The fraction of sp³-hybridized carbons (Fsp3) is 0.483. The average molecular weight is 567 g/mol. The molecule has 1 aliphatic carbocycles. The first kappa shape index (κ1) is 29.6. The Morgan fingerprint density at radius 1 is 1.00 bits per heavy atom. The number of nitriles is 1. The van der Waals surface area contributed by atoms with Crippen LogP contribution in [0, 0.1) is 17.2 Å². The molecule has 4 rings (SSSR count). The minimum atomic E-state index is -4.99. The number of hydrogen-bond acceptors (Lipinski definition) is 4. The summed E-state index contributed by atoms with van der Waals surface area (Å²) >= 11 is 0. The van der Waals surface area contributed by atoms with E-state index in [2.05, 4.69) is 6.07 Å². The van der Waals surface area contributed by atoms with Crippen molar-refractivity contribution in [3.05, 3.63) is 70.8 Å². The van der Waals surface area contributed by atoms with Gasteiger partial charge in [-0.2, -0.15) is 31.6 Å². The van der Waals surface area contributed by atoms with Crippen LogP contribution in [0.1, 0.15) is 79.7 Å². The maximum absolute atomic E-state index is 13.4. The summed E-state index contributed by atoms with van der Waals surface area (Å²) in [6, 6.07) is 12.8. The number of ether oxygens (including phenoxy) is 1. The van der Waals surface area contributed by atoms with E-state index in [1.54, 1.807) is 0 Å². The predicted octanol–water partition coefficient (Wildman–Crippen LogP) is 7.19. The number of amides is 2. The van der Waals surface area contributed by atoms with Gasteiger partial charge in [-0.25, -0.2) is 0 Å². The van der Waals surface area contributed by atoms with Crippen LogP contribution in [0.15, 0.2) is 48.5 Å². The van der Waals surface area contributed by atoms with Crippen LogP contribution in [-0.2, 0) is 26.7 Å². The largest absolute Gasteiger partial charge is 0.416 e. The molecule has 0 N–H and O–H groups in total. The third-order valence-electron chi connectivity index (χ3n) is 7.82. The number of halogens is 6. The van der Waals surface area contributed by atoms with Gasteiger partial charge in [0, 0.05) is 12.8 Å². The molecule has 2 fully saturated rings. The lowest BCUT2D eigenvalue weighted by molar-refractivity contribution is -0.156. The quantitative estimate of drug-likeness (QED) is 0.274.